The number of anilines is 1. The molecule has 0 radical (unpaired) electrons. The van der Waals surface area contributed by atoms with Crippen LogP contribution in [0.2, 0.25) is 5.02 Å². The van der Waals surface area contributed by atoms with E-state index in [9.17, 15) is 18.0 Å². The molecule has 0 spiro atoms. The van der Waals surface area contributed by atoms with Crippen LogP contribution in [0, 0.1) is 0 Å². The zero-order chi connectivity index (χ0) is 29.3. The molecule has 0 aliphatic heterocycles. The second-order valence-electron chi connectivity index (χ2n) is 9.00. The van der Waals surface area contributed by atoms with Crippen LogP contribution in [0.15, 0.2) is 77.7 Å². The average molecular weight is 588 g/mol. The largest absolute Gasteiger partial charge is 0.497 e. The molecule has 11 heteroatoms. The summed E-state index contributed by atoms with van der Waals surface area (Å²) in [4.78, 5) is 28.2. The number of rotatable bonds is 13. The van der Waals surface area contributed by atoms with Gasteiger partial charge in [-0.2, -0.15) is 0 Å². The standard InChI is InChI=1S/C29H34ClN3O6S/c1-5-17-31-29(35)21(2)32(19-22-9-11-25(38-3)12-10-22)28(34)20-33(24-8-6-7-23(30)18-24)40(36,37)27-15-13-26(39-4)14-16-27/h6-16,18,21H,5,17,19-20H2,1-4H3,(H,31,35). The maximum atomic E-state index is 13.9. The summed E-state index contributed by atoms with van der Waals surface area (Å²) in [5.41, 5.74) is 0.959. The number of nitrogens with one attached hydrogen (secondary N) is 1. The van der Waals surface area contributed by atoms with Gasteiger partial charge in [0.1, 0.15) is 24.1 Å². The molecule has 0 aliphatic carbocycles. The van der Waals surface area contributed by atoms with Crippen LogP contribution in [0.25, 0.3) is 0 Å². The normalized spacial score (nSPS) is 11.8. The number of sulfonamides is 1. The van der Waals surface area contributed by atoms with Gasteiger partial charge in [-0.3, -0.25) is 13.9 Å². The molecule has 0 fully saturated rings. The van der Waals surface area contributed by atoms with Gasteiger partial charge in [-0.25, -0.2) is 8.42 Å². The number of methoxy groups -OCH3 is 2. The van der Waals surface area contributed by atoms with Gasteiger partial charge in [0.25, 0.3) is 10.0 Å². The fourth-order valence-corrected chi connectivity index (χ4v) is 5.53. The molecule has 1 unspecified atom stereocenters. The Kier molecular flexibility index (Phi) is 10.8. The molecule has 3 aromatic rings. The van der Waals surface area contributed by atoms with Crippen LogP contribution in [0.5, 0.6) is 11.5 Å². The van der Waals surface area contributed by atoms with Gasteiger partial charge < -0.3 is 19.7 Å². The number of nitrogens with zero attached hydrogens (tertiary/aromatic N) is 2. The van der Waals surface area contributed by atoms with Crippen molar-refractivity contribution in [2.24, 2.45) is 0 Å². The van der Waals surface area contributed by atoms with Gasteiger partial charge in [0, 0.05) is 18.1 Å². The van der Waals surface area contributed by atoms with Crippen molar-refractivity contribution in [2.45, 2.75) is 37.8 Å². The molecule has 0 aliphatic rings. The van der Waals surface area contributed by atoms with E-state index in [-0.39, 0.29) is 23.0 Å². The summed E-state index contributed by atoms with van der Waals surface area (Å²) in [5, 5.41) is 3.12. The first-order valence-corrected chi connectivity index (χ1v) is 14.5. The van der Waals surface area contributed by atoms with Crippen LogP contribution in [-0.4, -0.2) is 58.5 Å². The van der Waals surface area contributed by atoms with Gasteiger partial charge in [-0.05, 0) is 73.5 Å². The van der Waals surface area contributed by atoms with Crippen LogP contribution in [0.4, 0.5) is 5.69 Å². The van der Waals surface area contributed by atoms with Crippen LogP contribution >= 0.6 is 11.6 Å². The molecule has 9 nitrogen and oxygen atoms in total. The highest BCUT2D eigenvalue weighted by Gasteiger charge is 2.32. The van der Waals surface area contributed by atoms with E-state index in [1.54, 1.807) is 56.5 Å². The van der Waals surface area contributed by atoms with E-state index in [1.807, 2.05) is 6.92 Å². The topological polar surface area (TPSA) is 105 Å². The van der Waals surface area contributed by atoms with Crippen LogP contribution in [-0.2, 0) is 26.2 Å². The predicted octanol–water partition coefficient (Wildman–Crippen LogP) is 4.50. The van der Waals surface area contributed by atoms with Crippen molar-refractivity contribution < 1.29 is 27.5 Å². The Morgan fingerprint density at radius 2 is 1.55 bits per heavy atom. The fraction of sp³-hybridized carbons (Fsp3) is 0.310. The van der Waals surface area contributed by atoms with E-state index in [0.717, 1.165) is 16.3 Å². The second-order valence-corrected chi connectivity index (χ2v) is 11.3. The first-order chi connectivity index (χ1) is 19.1. The smallest absolute Gasteiger partial charge is 0.264 e. The third-order valence-electron chi connectivity index (χ3n) is 6.25. The highest BCUT2D eigenvalue weighted by molar-refractivity contribution is 7.92. The molecule has 1 atom stereocenters. The third kappa shape index (κ3) is 7.67. The number of halogens is 1. The molecule has 214 valence electrons. The Labute approximate surface area is 240 Å². The molecule has 1 N–H and O–H groups in total. The number of hydrogen-bond donors (Lipinski definition) is 1. The Hall–Kier alpha value is -3.76. The van der Waals surface area contributed by atoms with E-state index >= 15 is 0 Å². The number of ether oxygens (including phenoxy) is 2. The van der Waals surface area contributed by atoms with Gasteiger partial charge >= 0.3 is 0 Å². The van der Waals surface area contributed by atoms with Gasteiger partial charge in [0.2, 0.25) is 11.8 Å². The number of carbonyl (C=O) groups is 2. The Morgan fingerprint density at radius 1 is 0.950 bits per heavy atom. The first kappa shape index (κ1) is 30.8. The van der Waals surface area contributed by atoms with Crippen molar-refractivity contribution in [1.29, 1.82) is 0 Å². The Balaban J connectivity index is 2.01. The monoisotopic (exact) mass is 587 g/mol. The van der Waals surface area contributed by atoms with Gasteiger partial charge in [0.15, 0.2) is 0 Å². The van der Waals surface area contributed by atoms with E-state index in [2.05, 4.69) is 5.32 Å². The molecule has 0 aromatic heterocycles. The molecule has 3 aromatic carbocycles. The van der Waals surface area contributed by atoms with Crippen molar-refractivity contribution in [1.82, 2.24) is 10.2 Å². The molecule has 3 rings (SSSR count). The lowest BCUT2D eigenvalue weighted by Gasteiger charge is -2.32. The van der Waals surface area contributed by atoms with Crippen molar-refractivity contribution in [3.8, 4) is 11.5 Å². The minimum atomic E-state index is -4.21. The molecular weight excluding hydrogens is 554 g/mol. The molecule has 40 heavy (non-hydrogen) atoms. The average Bonchev–Trinajstić information content (AvgIpc) is 2.97. The third-order valence-corrected chi connectivity index (χ3v) is 8.27. The number of benzene rings is 3. The van der Waals surface area contributed by atoms with Crippen molar-refractivity contribution in [3.63, 3.8) is 0 Å². The molecular formula is C29H34ClN3O6S. The van der Waals surface area contributed by atoms with E-state index in [4.69, 9.17) is 21.1 Å². The summed E-state index contributed by atoms with van der Waals surface area (Å²) in [6, 6.07) is 18.4. The summed E-state index contributed by atoms with van der Waals surface area (Å²) in [6.07, 6.45) is 0.730. The summed E-state index contributed by atoms with van der Waals surface area (Å²) < 4.78 is 39.1. The van der Waals surface area contributed by atoms with Crippen molar-refractivity contribution in [3.05, 3.63) is 83.4 Å². The van der Waals surface area contributed by atoms with Crippen molar-refractivity contribution in [2.75, 3.05) is 31.6 Å². The van der Waals surface area contributed by atoms with Crippen LogP contribution in [0.3, 0.4) is 0 Å². The van der Waals surface area contributed by atoms with E-state index < -0.39 is 28.5 Å². The Bertz CT molecular complexity index is 1400. The molecule has 0 saturated carbocycles. The SMILES string of the molecule is CCCNC(=O)C(C)N(Cc1ccc(OC)cc1)C(=O)CN(c1cccc(Cl)c1)S(=O)(=O)c1ccc(OC)cc1. The Morgan fingerprint density at radius 3 is 2.10 bits per heavy atom. The highest BCUT2D eigenvalue weighted by atomic mass is 35.5. The van der Waals surface area contributed by atoms with Gasteiger partial charge in [-0.15, -0.1) is 0 Å². The molecule has 2 amide bonds. The number of amides is 2. The number of carbonyl (C=O) groups excluding carboxylic acids is 2. The summed E-state index contributed by atoms with van der Waals surface area (Å²) in [5.74, 6) is 0.234. The summed E-state index contributed by atoms with van der Waals surface area (Å²) in [6.45, 7) is 3.52. The molecule has 0 heterocycles. The lowest BCUT2D eigenvalue weighted by Crippen LogP contribution is -2.51. The predicted molar refractivity (Wildman–Crippen MR) is 155 cm³/mol. The molecule has 0 bridgehead atoms. The number of hydrogen-bond acceptors (Lipinski definition) is 6. The zero-order valence-corrected chi connectivity index (χ0v) is 24.5. The van der Waals surface area contributed by atoms with Gasteiger partial charge in [-0.1, -0.05) is 36.7 Å². The van der Waals surface area contributed by atoms with E-state index in [1.165, 1.54) is 42.3 Å². The highest BCUT2D eigenvalue weighted by Crippen LogP contribution is 2.28. The maximum Gasteiger partial charge on any atom is 0.264 e. The first-order valence-electron chi connectivity index (χ1n) is 12.7. The quantitative estimate of drug-likeness (QED) is 0.316. The fourth-order valence-electron chi connectivity index (χ4n) is 3.94. The minimum Gasteiger partial charge on any atom is -0.497 e. The lowest BCUT2D eigenvalue weighted by molar-refractivity contribution is -0.139. The lowest BCUT2D eigenvalue weighted by atomic mass is 10.1. The summed E-state index contributed by atoms with van der Waals surface area (Å²) in [7, 11) is -1.18. The van der Waals surface area contributed by atoms with Gasteiger partial charge in [0.05, 0.1) is 24.8 Å². The van der Waals surface area contributed by atoms with E-state index in [0.29, 0.717) is 23.1 Å². The van der Waals surface area contributed by atoms with Crippen molar-refractivity contribution >= 4 is 39.1 Å². The van der Waals surface area contributed by atoms with Crippen LogP contribution < -0.4 is 19.1 Å². The summed E-state index contributed by atoms with van der Waals surface area (Å²) >= 11 is 6.20. The zero-order valence-electron chi connectivity index (χ0n) is 23.0. The molecule has 0 saturated heterocycles. The minimum absolute atomic E-state index is 0.0310. The maximum absolute atomic E-state index is 13.9. The second kappa shape index (κ2) is 14.0. The van der Waals surface area contributed by atoms with Crippen LogP contribution in [0.1, 0.15) is 25.8 Å².